The van der Waals surface area contributed by atoms with Gasteiger partial charge in [0.1, 0.15) is 0 Å². The fraction of sp³-hybridized carbons (Fsp3) is 1.00. The maximum atomic E-state index is 8.39. The van der Waals surface area contributed by atoms with E-state index < -0.39 is 34.2 Å². The van der Waals surface area contributed by atoms with E-state index in [1.807, 2.05) is 28.4 Å². The first-order valence-electron chi connectivity index (χ1n) is 20.1. The second-order valence-electron chi connectivity index (χ2n) is 16.1. The molecule has 5 aliphatic rings. The molecule has 0 spiro atoms. The molecule has 1 saturated heterocycles. The molecule has 8 nitrogen and oxygen atoms in total. The van der Waals surface area contributed by atoms with Crippen LogP contribution in [0.15, 0.2) is 0 Å². The SMILES string of the molecule is COC(C)[Si]1(C2CCCCC2)O[Si](C2CCCCC2)(C(C)OC)O[Si](C2CCCCC2)(C(C)OC)O[Si](C2CCCCC2)(C(C)OC)O1. The molecule has 1 aliphatic heterocycles. The minimum Gasteiger partial charge on any atom is -0.412 e. The Labute approximate surface area is 298 Å². The van der Waals surface area contributed by atoms with Crippen molar-refractivity contribution in [2.24, 2.45) is 0 Å². The van der Waals surface area contributed by atoms with Crippen molar-refractivity contribution in [3.63, 3.8) is 0 Å². The van der Waals surface area contributed by atoms with Crippen molar-refractivity contribution in [2.45, 2.75) is 201 Å². The molecule has 0 aromatic heterocycles. The Hall–Kier alpha value is 0.548. The summed E-state index contributed by atoms with van der Waals surface area (Å²) in [7, 11) is -5.51. The lowest BCUT2D eigenvalue weighted by Gasteiger charge is -2.62. The predicted octanol–water partition coefficient (Wildman–Crippen LogP) is 9.47. The van der Waals surface area contributed by atoms with Gasteiger partial charge in [-0.3, -0.25) is 0 Å². The first-order valence-corrected chi connectivity index (χ1v) is 28.0. The maximum Gasteiger partial charge on any atom is 0.353 e. The summed E-state index contributed by atoms with van der Waals surface area (Å²) in [6.07, 6.45) is 23.7. The van der Waals surface area contributed by atoms with Crippen LogP contribution in [0.3, 0.4) is 0 Å². The van der Waals surface area contributed by atoms with E-state index in [0.717, 1.165) is 51.4 Å². The summed E-state index contributed by atoms with van der Waals surface area (Å²) in [6.45, 7) is 9.00. The van der Waals surface area contributed by atoms with Gasteiger partial charge in [0.2, 0.25) is 0 Å². The number of rotatable bonds is 12. The van der Waals surface area contributed by atoms with Crippen molar-refractivity contribution < 1.29 is 35.4 Å². The number of hydrogen-bond donors (Lipinski definition) is 0. The lowest BCUT2D eigenvalue weighted by atomic mass is 10.0. The summed E-state index contributed by atoms with van der Waals surface area (Å²) in [5, 5.41) is 0. The molecule has 4 atom stereocenters. The lowest BCUT2D eigenvalue weighted by molar-refractivity contribution is 0.0422. The first-order chi connectivity index (χ1) is 23.2. The molecule has 0 bridgehead atoms. The molecular formula is C36H72O8Si4. The van der Waals surface area contributed by atoms with E-state index in [9.17, 15) is 0 Å². The van der Waals surface area contributed by atoms with Crippen LogP contribution in [0, 0.1) is 0 Å². The third-order valence-corrected chi connectivity index (χ3v) is 36.2. The number of methoxy groups -OCH3 is 4. The summed E-state index contributed by atoms with van der Waals surface area (Å²) < 4.78 is 59.6. The molecule has 5 rings (SSSR count). The van der Waals surface area contributed by atoms with E-state index in [1.165, 1.54) is 77.0 Å². The normalized spacial score (nSPS) is 38.5. The standard InChI is InChI=1S/C36H72O8Si4/c1-29(37-5)45(33-21-13-9-14-22-33)41-46(30(2)38-6,34-23-15-10-16-24-34)43-48(32(4)40-8,36-27-19-12-20-28-36)44-47(42-45,31(3)39-7)35-25-17-11-18-26-35/h29-36H,9-28H2,1-8H3. The van der Waals surface area contributed by atoms with Crippen molar-refractivity contribution in [3.05, 3.63) is 0 Å². The van der Waals surface area contributed by atoms with Crippen LogP contribution < -0.4 is 0 Å². The van der Waals surface area contributed by atoms with Crippen LogP contribution in [0.1, 0.15) is 156 Å². The van der Waals surface area contributed by atoms with Gasteiger partial charge in [0.25, 0.3) is 0 Å². The summed E-state index contributed by atoms with van der Waals surface area (Å²) in [5.41, 5.74) is 0.580. The average Bonchev–Trinajstić information content (AvgIpc) is 3.15. The highest BCUT2D eigenvalue weighted by atomic mass is 28.5. The summed E-state index contributed by atoms with van der Waals surface area (Å²) >= 11 is 0. The van der Waals surface area contributed by atoms with E-state index in [0.29, 0.717) is 22.2 Å². The smallest absolute Gasteiger partial charge is 0.353 e. The molecule has 1 heterocycles. The van der Waals surface area contributed by atoms with Crippen molar-refractivity contribution >= 4 is 34.2 Å². The fourth-order valence-corrected chi connectivity index (χ4v) is 40.0. The van der Waals surface area contributed by atoms with Gasteiger partial charge in [-0.25, -0.2) is 0 Å². The van der Waals surface area contributed by atoms with Gasteiger partial charge in [-0.05, 0) is 79.1 Å². The lowest BCUT2D eigenvalue weighted by Crippen LogP contribution is -2.82. The van der Waals surface area contributed by atoms with Gasteiger partial charge in [0, 0.05) is 50.6 Å². The topological polar surface area (TPSA) is 73.8 Å². The molecule has 4 unspecified atom stereocenters. The molecule has 4 saturated carbocycles. The Morgan fingerprint density at radius 2 is 0.500 bits per heavy atom. The molecule has 48 heavy (non-hydrogen) atoms. The minimum absolute atomic E-state index is 0.171. The zero-order valence-electron chi connectivity index (χ0n) is 32.0. The van der Waals surface area contributed by atoms with Crippen LogP contribution in [-0.2, 0) is 35.4 Å². The summed E-state index contributed by atoms with van der Waals surface area (Å²) in [6, 6.07) is 0. The van der Waals surface area contributed by atoms with Gasteiger partial charge in [-0.2, -0.15) is 0 Å². The summed E-state index contributed by atoms with van der Waals surface area (Å²) in [5.74, 6) is 0. The molecule has 12 heteroatoms. The molecule has 0 radical (unpaired) electrons. The van der Waals surface area contributed by atoms with E-state index >= 15 is 0 Å². The van der Waals surface area contributed by atoms with Crippen molar-refractivity contribution in [1.29, 1.82) is 0 Å². The highest BCUT2D eigenvalue weighted by Gasteiger charge is 2.74. The van der Waals surface area contributed by atoms with E-state index in [2.05, 4.69) is 27.7 Å². The Balaban J connectivity index is 1.84. The van der Waals surface area contributed by atoms with Crippen molar-refractivity contribution in [1.82, 2.24) is 0 Å². The third-order valence-electron chi connectivity index (χ3n) is 13.7. The highest BCUT2D eigenvalue weighted by molar-refractivity contribution is 6.97. The van der Waals surface area contributed by atoms with Crippen LogP contribution in [0.25, 0.3) is 0 Å². The van der Waals surface area contributed by atoms with E-state index in [-0.39, 0.29) is 22.9 Å². The average molecular weight is 745 g/mol. The van der Waals surface area contributed by atoms with Crippen LogP contribution in [0.4, 0.5) is 0 Å². The molecule has 0 aromatic rings. The molecule has 5 fully saturated rings. The molecule has 0 amide bonds. The van der Waals surface area contributed by atoms with Crippen LogP contribution in [0.5, 0.6) is 0 Å². The van der Waals surface area contributed by atoms with Gasteiger partial charge in [-0.15, -0.1) is 0 Å². The Morgan fingerprint density at radius 3 is 0.646 bits per heavy atom. The van der Waals surface area contributed by atoms with E-state index in [1.54, 1.807) is 0 Å². The van der Waals surface area contributed by atoms with Gasteiger partial charge in [-0.1, -0.05) is 77.0 Å². The number of ether oxygens (including phenoxy) is 4. The Bertz CT molecular complexity index is 808. The van der Waals surface area contributed by atoms with E-state index in [4.69, 9.17) is 35.4 Å². The van der Waals surface area contributed by atoms with Gasteiger partial charge in [0.15, 0.2) is 0 Å². The molecule has 0 N–H and O–H groups in total. The minimum atomic E-state index is -3.25. The Kier molecular flexibility index (Phi) is 14.6. The molecule has 4 aliphatic carbocycles. The first kappa shape index (κ1) is 39.7. The van der Waals surface area contributed by atoms with Crippen molar-refractivity contribution in [2.75, 3.05) is 28.4 Å². The van der Waals surface area contributed by atoms with Gasteiger partial charge < -0.3 is 35.4 Å². The zero-order valence-corrected chi connectivity index (χ0v) is 36.0. The summed E-state index contributed by atoms with van der Waals surface area (Å²) in [4.78, 5) is 0. The van der Waals surface area contributed by atoms with Crippen LogP contribution in [-0.4, -0.2) is 85.6 Å². The maximum absolute atomic E-state index is 8.39. The van der Waals surface area contributed by atoms with Crippen LogP contribution in [0.2, 0.25) is 22.2 Å². The number of hydrogen-bond acceptors (Lipinski definition) is 8. The second-order valence-corrected chi connectivity index (χ2v) is 31.7. The monoisotopic (exact) mass is 744 g/mol. The van der Waals surface area contributed by atoms with Gasteiger partial charge >= 0.3 is 34.2 Å². The predicted molar refractivity (Wildman–Crippen MR) is 201 cm³/mol. The Morgan fingerprint density at radius 1 is 0.333 bits per heavy atom. The second kappa shape index (κ2) is 17.6. The molecule has 280 valence electrons. The molecular weight excluding hydrogens is 673 g/mol. The van der Waals surface area contributed by atoms with Crippen molar-refractivity contribution in [3.8, 4) is 0 Å². The van der Waals surface area contributed by atoms with Crippen LogP contribution >= 0.6 is 0 Å². The van der Waals surface area contributed by atoms with Gasteiger partial charge in [0.05, 0.1) is 22.9 Å². The highest BCUT2D eigenvalue weighted by Crippen LogP contribution is 2.57. The quantitative estimate of drug-likeness (QED) is 0.183. The third kappa shape index (κ3) is 7.62. The molecule has 0 aromatic carbocycles. The zero-order chi connectivity index (χ0) is 34.4. The largest absolute Gasteiger partial charge is 0.412 e. The fourth-order valence-electron chi connectivity index (χ4n) is 10.4.